The van der Waals surface area contributed by atoms with E-state index in [2.05, 4.69) is 5.32 Å². The summed E-state index contributed by atoms with van der Waals surface area (Å²) >= 11 is 5.74. The number of nitrogens with one attached hydrogen (secondary N) is 1. The van der Waals surface area contributed by atoms with E-state index in [0.717, 1.165) is 11.0 Å². The zero-order chi connectivity index (χ0) is 13.5. The Morgan fingerprint density at radius 3 is 2.83 bits per heavy atom. The molecule has 3 N–H and O–H groups in total. The standard InChI is InChI=1S/C11H13ClFN3O2/c12-8-3-1-4-9(13)10(8)15-11(18)16(7-17)6-2-5-14/h1,3-4,7H,2,5-6,14H2,(H,15,18). The minimum atomic E-state index is -0.745. The SMILES string of the molecule is NCCCN(C=O)C(=O)Nc1c(F)cccc1Cl. The first-order chi connectivity index (χ1) is 8.60. The number of halogens is 2. The number of nitrogens with two attached hydrogens (primary N) is 1. The molecule has 0 aliphatic carbocycles. The number of imide groups is 1. The number of anilines is 1. The van der Waals surface area contributed by atoms with Crippen LogP contribution in [-0.4, -0.2) is 30.4 Å². The molecule has 0 saturated carbocycles. The molecule has 0 atom stereocenters. The highest BCUT2D eigenvalue weighted by molar-refractivity contribution is 6.33. The van der Waals surface area contributed by atoms with Crippen molar-refractivity contribution in [2.75, 3.05) is 18.4 Å². The molecule has 18 heavy (non-hydrogen) atoms. The van der Waals surface area contributed by atoms with Crippen LogP contribution in [0.3, 0.4) is 0 Å². The number of benzene rings is 1. The van der Waals surface area contributed by atoms with Gasteiger partial charge in [0.1, 0.15) is 5.82 Å². The molecule has 0 aliphatic heterocycles. The van der Waals surface area contributed by atoms with Crippen LogP contribution in [0.4, 0.5) is 14.9 Å². The van der Waals surface area contributed by atoms with E-state index in [0.29, 0.717) is 19.4 Å². The number of amides is 3. The third kappa shape index (κ3) is 3.68. The Hall–Kier alpha value is -1.66. The van der Waals surface area contributed by atoms with Crippen LogP contribution in [-0.2, 0) is 4.79 Å². The molecular formula is C11H13ClFN3O2. The lowest BCUT2D eigenvalue weighted by Crippen LogP contribution is -2.35. The maximum atomic E-state index is 13.4. The van der Waals surface area contributed by atoms with Crippen LogP contribution < -0.4 is 11.1 Å². The minimum absolute atomic E-state index is 0.0630. The van der Waals surface area contributed by atoms with Crippen LogP contribution in [0.5, 0.6) is 0 Å². The molecule has 1 rings (SSSR count). The average molecular weight is 274 g/mol. The van der Waals surface area contributed by atoms with Crippen molar-refractivity contribution in [2.45, 2.75) is 6.42 Å². The van der Waals surface area contributed by atoms with Gasteiger partial charge in [-0.1, -0.05) is 17.7 Å². The molecule has 0 saturated heterocycles. The van der Waals surface area contributed by atoms with Crippen molar-refractivity contribution in [3.8, 4) is 0 Å². The van der Waals surface area contributed by atoms with Crippen molar-refractivity contribution in [1.82, 2.24) is 4.90 Å². The number of nitrogens with zero attached hydrogens (tertiary/aromatic N) is 1. The molecule has 98 valence electrons. The number of hydrogen-bond acceptors (Lipinski definition) is 3. The van der Waals surface area contributed by atoms with Gasteiger partial charge in [0.25, 0.3) is 0 Å². The summed E-state index contributed by atoms with van der Waals surface area (Å²) < 4.78 is 13.4. The Morgan fingerprint density at radius 1 is 1.56 bits per heavy atom. The predicted molar refractivity (Wildman–Crippen MR) is 66.9 cm³/mol. The number of para-hydroxylation sites is 1. The fourth-order valence-electron chi connectivity index (χ4n) is 1.26. The highest BCUT2D eigenvalue weighted by Gasteiger charge is 2.15. The molecular weight excluding hydrogens is 261 g/mol. The highest BCUT2D eigenvalue weighted by Crippen LogP contribution is 2.24. The molecule has 0 unspecified atom stereocenters. The summed E-state index contributed by atoms with van der Waals surface area (Å²) in [6.45, 7) is 0.510. The molecule has 5 nitrogen and oxygen atoms in total. The lowest BCUT2D eigenvalue weighted by atomic mass is 10.3. The highest BCUT2D eigenvalue weighted by atomic mass is 35.5. The predicted octanol–water partition coefficient (Wildman–Crippen LogP) is 1.82. The molecule has 1 aromatic carbocycles. The van der Waals surface area contributed by atoms with E-state index in [1.165, 1.54) is 12.1 Å². The normalized spacial score (nSPS) is 9.94. The second-order valence-corrected chi connectivity index (χ2v) is 3.88. The minimum Gasteiger partial charge on any atom is -0.330 e. The lowest BCUT2D eigenvalue weighted by molar-refractivity contribution is -0.115. The average Bonchev–Trinajstić information content (AvgIpc) is 2.35. The zero-order valence-electron chi connectivity index (χ0n) is 9.53. The summed E-state index contributed by atoms with van der Waals surface area (Å²) in [5.41, 5.74) is 5.13. The van der Waals surface area contributed by atoms with Crippen LogP contribution in [0.2, 0.25) is 5.02 Å². The fourth-order valence-corrected chi connectivity index (χ4v) is 1.47. The summed E-state index contributed by atoms with van der Waals surface area (Å²) in [6.07, 6.45) is 0.830. The Morgan fingerprint density at radius 2 is 2.28 bits per heavy atom. The van der Waals surface area contributed by atoms with Gasteiger partial charge in [0.2, 0.25) is 6.41 Å². The summed E-state index contributed by atoms with van der Waals surface area (Å²) in [7, 11) is 0. The van der Waals surface area contributed by atoms with E-state index < -0.39 is 11.8 Å². The molecule has 7 heteroatoms. The summed E-state index contributed by atoms with van der Waals surface area (Å²) in [6, 6.07) is 3.27. The first kappa shape index (κ1) is 14.4. The van der Waals surface area contributed by atoms with Gasteiger partial charge in [-0.2, -0.15) is 0 Å². The maximum Gasteiger partial charge on any atom is 0.328 e. The monoisotopic (exact) mass is 273 g/mol. The maximum absolute atomic E-state index is 13.4. The van der Waals surface area contributed by atoms with Crippen molar-refractivity contribution in [3.63, 3.8) is 0 Å². The molecule has 0 heterocycles. The van der Waals surface area contributed by atoms with Crippen molar-refractivity contribution < 1.29 is 14.0 Å². The van der Waals surface area contributed by atoms with Crippen LogP contribution in [0.15, 0.2) is 18.2 Å². The summed E-state index contributed by atoms with van der Waals surface area (Å²) in [5.74, 6) is -0.666. The summed E-state index contributed by atoms with van der Waals surface area (Å²) in [4.78, 5) is 23.3. The molecule has 1 aromatic rings. The molecule has 0 fully saturated rings. The van der Waals surface area contributed by atoms with Gasteiger partial charge in [-0.15, -0.1) is 0 Å². The van der Waals surface area contributed by atoms with Crippen LogP contribution in [0.1, 0.15) is 6.42 Å². The Bertz CT molecular complexity index is 422. The smallest absolute Gasteiger partial charge is 0.328 e. The van der Waals surface area contributed by atoms with Crippen LogP contribution >= 0.6 is 11.6 Å². The van der Waals surface area contributed by atoms with Crippen LogP contribution in [0, 0.1) is 5.82 Å². The third-order valence-corrected chi connectivity index (χ3v) is 2.50. The van der Waals surface area contributed by atoms with E-state index in [1.807, 2.05) is 0 Å². The number of rotatable bonds is 5. The topological polar surface area (TPSA) is 75.4 Å². The molecule has 0 radical (unpaired) electrons. The molecule has 0 aromatic heterocycles. The number of hydrogen-bond donors (Lipinski definition) is 2. The van der Waals surface area contributed by atoms with Gasteiger partial charge in [0, 0.05) is 6.54 Å². The molecule has 0 bridgehead atoms. The Kier molecular flexibility index (Phi) is 5.54. The van der Waals surface area contributed by atoms with Crippen molar-refractivity contribution in [2.24, 2.45) is 5.73 Å². The number of carbonyl (C=O) groups is 2. The van der Waals surface area contributed by atoms with Crippen LogP contribution in [0.25, 0.3) is 0 Å². The van der Waals surface area contributed by atoms with Gasteiger partial charge in [-0.25, -0.2) is 9.18 Å². The molecule has 3 amide bonds. The first-order valence-electron chi connectivity index (χ1n) is 5.27. The van der Waals surface area contributed by atoms with Crippen molar-refractivity contribution in [3.05, 3.63) is 29.0 Å². The molecule has 0 spiro atoms. The first-order valence-corrected chi connectivity index (χ1v) is 5.65. The van der Waals surface area contributed by atoms with Gasteiger partial charge in [-0.05, 0) is 25.1 Å². The van der Waals surface area contributed by atoms with Gasteiger partial charge in [0.05, 0.1) is 10.7 Å². The molecule has 0 aliphatic rings. The van der Waals surface area contributed by atoms with E-state index in [9.17, 15) is 14.0 Å². The van der Waals surface area contributed by atoms with E-state index in [-0.39, 0.29) is 17.3 Å². The lowest BCUT2D eigenvalue weighted by Gasteiger charge is -2.16. The van der Waals surface area contributed by atoms with E-state index in [1.54, 1.807) is 0 Å². The largest absolute Gasteiger partial charge is 0.330 e. The van der Waals surface area contributed by atoms with Gasteiger partial charge in [0.15, 0.2) is 0 Å². The summed E-state index contributed by atoms with van der Waals surface area (Å²) in [5, 5.41) is 2.31. The second kappa shape index (κ2) is 6.93. The van der Waals surface area contributed by atoms with Gasteiger partial charge in [-0.3, -0.25) is 9.69 Å². The van der Waals surface area contributed by atoms with Crippen molar-refractivity contribution in [1.29, 1.82) is 0 Å². The number of carbonyl (C=O) groups excluding carboxylic acids is 2. The van der Waals surface area contributed by atoms with E-state index in [4.69, 9.17) is 17.3 Å². The number of urea groups is 1. The zero-order valence-corrected chi connectivity index (χ0v) is 10.3. The second-order valence-electron chi connectivity index (χ2n) is 3.47. The van der Waals surface area contributed by atoms with E-state index >= 15 is 0 Å². The van der Waals surface area contributed by atoms with Gasteiger partial charge < -0.3 is 11.1 Å². The fraction of sp³-hybridized carbons (Fsp3) is 0.273. The Labute approximate surface area is 109 Å². The third-order valence-electron chi connectivity index (χ3n) is 2.19. The quantitative estimate of drug-likeness (QED) is 0.804. The van der Waals surface area contributed by atoms with Crippen molar-refractivity contribution >= 4 is 29.7 Å². The Balaban J connectivity index is 2.76. The van der Waals surface area contributed by atoms with Gasteiger partial charge >= 0.3 is 6.03 Å².